The van der Waals surface area contributed by atoms with E-state index in [-0.39, 0.29) is 16.1 Å². The molecule has 0 radical (unpaired) electrons. The molecule has 3 heterocycles. The van der Waals surface area contributed by atoms with Crippen molar-refractivity contribution in [2.24, 2.45) is 0 Å². The van der Waals surface area contributed by atoms with E-state index in [1.54, 1.807) is 12.1 Å². The van der Waals surface area contributed by atoms with Gasteiger partial charge in [-0.2, -0.15) is 0 Å². The second kappa shape index (κ2) is 6.09. The first-order valence-electron chi connectivity index (χ1n) is 9.60. The Balaban J connectivity index is 1.41. The van der Waals surface area contributed by atoms with Crippen molar-refractivity contribution in [2.75, 3.05) is 24.5 Å². The third kappa shape index (κ3) is 2.59. The molecule has 6 nitrogen and oxygen atoms in total. The van der Waals surface area contributed by atoms with Gasteiger partial charge >= 0.3 is 0 Å². The molecule has 5 rings (SSSR count). The number of hydrogen-bond acceptors (Lipinski definition) is 3. The minimum atomic E-state index is -0.344. The maximum atomic E-state index is 10.9. The summed E-state index contributed by atoms with van der Waals surface area (Å²) >= 11 is 0. The number of anilines is 1. The number of nitrogens with zero attached hydrogens (tertiary/aromatic N) is 2. The Bertz CT molecular complexity index is 1000. The number of nitro groups is 1. The van der Waals surface area contributed by atoms with Gasteiger partial charge in [0.1, 0.15) is 5.54 Å². The topological polar surface area (TPSA) is 78.8 Å². The fraction of sp³-hybridized carbons (Fsp3) is 0.333. The quantitative estimate of drug-likeness (QED) is 0.543. The Labute approximate surface area is 157 Å². The molecule has 2 aromatic carbocycles. The summed E-state index contributed by atoms with van der Waals surface area (Å²) in [5.74, 6) is 0. The minimum Gasteiger partial charge on any atom is -0.371 e. The van der Waals surface area contributed by atoms with Gasteiger partial charge in [-0.25, -0.2) is 0 Å². The summed E-state index contributed by atoms with van der Waals surface area (Å²) in [5.41, 5.74) is 5.51. The molecule has 3 N–H and O–H groups in total. The van der Waals surface area contributed by atoms with Crippen molar-refractivity contribution in [2.45, 2.75) is 24.8 Å². The number of non-ortho nitro benzene ring substituents is 1. The largest absolute Gasteiger partial charge is 0.371 e. The van der Waals surface area contributed by atoms with Crippen LogP contribution in [-0.2, 0) is 12.0 Å². The molecule has 138 valence electrons. The highest BCUT2D eigenvalue weighted by Crippen LogP contribution is 2.37. The summed E-state index contributed by atoms with van der Waals surface area (Å²) in [6.45, 7) is 3.05. The van der Waals surface area contributed by atoms with Crippen molar-refractivity contribution < 1.29 is 10.2 Å². The molecule has 0 amide bonds. The van der Waals surface area contributed by atoms with Crippen molar-refractivity contribution in [3.05, 3.63) is 69.9 Å². The molecule has 2 aliphatic rings. The Hall–Kier alpha value is -2.86. The van der Waals surface area contributed by atoms with Crippen LogP contribution < -0.4 is 10.2 Å². The normalized spacial score (nSPS) is 18.6. The van der Waals surface area contributed by atoms with Gasteiger partial charge in [0.25, 0.3) is 5.69 Å². The van der Waals surface area contributed by atoms with Gasteiger partial charge in [-0.3, -0.25) is 10.1 Å². The number of piperidine rings is 1. The Morgan fingerprint density at radius 2 is 1.81 bits per heavy atom. The van der Waals surface area contributed by atoms with Crippen LogP contribution in [0, 0.1) is 10.1 Å². The molecule has 0 atom stereocenters. The van der Waals surface area contributed by atoms with E-state index < -0.39 is 0 Å². The number of aromatic amines is 1. The SMILES string of the molecule is O=[N+]([O-])c1ccc(N2CCC3(CC2)[NH2+]CCc2c3[nH]c3ccccc23)cc1. The smallest absolute Gasteiger partial charge is 0.269 e. The average Bonchev–Trinajstić information content (AvgIpc) is 3.09. The monoisotopic (exact) mass is 363 g/mol. The molecule has 1 spiro atoms. The highest BCUT2D eigenvalue weighted by Gasteiger charge is 2.44. The fourth-order valence-corrected chi connectivity index (χ4v) is 4.88. The van der Waals surface area contributed by atoms with E-state index in [9.17, 15) is 10.1 Å². The zero-order valence-corrected chi connectivity index (χ0v) is 15.1. The van der Waals surface area contributed by atoms with Gasteiger partial charge in [0, 0.05) is 61.1 Å². The molecule has 1 fully saturated rings. The van der Waals surface area contributed by atoms with Gasteiger partial charge in [-0.15, -0.1) is 0 Å². The second-order valence-electron chi connectivity index (χ2n) is 7.68. The maximum Gasteiger partial charge on any atom is 0.269 e. The van der Waals surface area contributed by atoms with Gasteiger partial charge in [0.05, 0.1) is 17.2 Å². The number of nitro benzene ring substituents is 1. The number of hydrogen-bond donors (Lipinski definition) is 2. The summed E-state index contributed by atoms with van der Waals surface area (Å²) < 4.78 is 0. The van der Waals surface area contributed by atoms with Crippen molar-refractivity contribution in [1.82, 2.24) is 4.98 Å². The lowest BCUT2D eigenvalue weighted by atomic mass is 9.79. The molecular formula is C21H23N4O2+. The van der Waals surface area contributed by atoms with Crippen LogP contribution in [0.25, 0.3) is 10.9 Å². The summed E-state index contributed by atoms with van der Waals surface area (Å²) in [4.78, 5) is 16.6. The van der Waals surface area contributed by atoms with E-state index in [0.717, 1.165) is 44.6 Å². The first kappa shape index (κ1) is 16.3. The number of nitrogens with one attached hydrogen (secondary N) is 1. The molecule has 0 bridgehead atoms. The van der Waals surface area contributed by atoms with E-state index >= 15 is 0 Å². The molecule has 1 saturated heterocycles. The summed E-state index contributed by atoms with van der Waals surface area (Å²) in [7, 11) is 0. The molecule has 0 saturated carbocycles. The van der Waals surface area contributed by atoms with Crippen molar-refractivity contribution >= 4 is 22.3 Å². The lowest BCUT2D eigenvalue weighted by Gasteiger charge is -2.42. The van der Waals surface area contributed by atoms with Gasteiger partial charge in [-0.1, -0.05) is 18.2 Å². The van der Waals surface area contributed by atoms with Crippen LogP contribution in [-0.4, -0.2) is 29.5 Å². The molecule has 3 aromatic rings. The van der Waals surface area contributed by atoms with Gasteiger partial charge in [0.2, 0.25) is 0 Å². The number of quaternary nitrogens is 1. The number of H-pyrrole nitrogens is 1. The van der Waals surface area contributed by atoms with Crippen molar-refractivity contribution in [1.29, 1.82) is 0 Å². The van der Waals surface area contributed by atoms with E-state index in [2.05, 4.69) is 39.5 Å². The maximum absolute atomic E-state index is 10.9. The summed E-state index contributed by atoms with van der Waals surface area (Å²) in [6.07, 6.45) is 3.26. The standard InChI is InChI=1S/C21H22N4O2/c26-25(27)16-7-5-15(6-8-16)24-13-10-21(11-14-24)20-18(9-12-22-21)17-3-1-2-4-19(17)23-20/h1-8,22-23H,9-14H2/p+1. The Morgan fingerprint density at radius 3 is 2.56 bits per heavy atom. The summed E-state index contributed by atoms with van der Waals surface area (Å²) in [6, 6.07) is 15.6. The number of fused-ring (bicyclic) bond motifs is 4. The van der Waals surface area contributed by atoms with E-state index in [0.29, 0.717) is 0 Å². The molecule has 2 aliphatic heterocycles. The molecule has 0 unspecified atom stereocenters. The average molecular weight is 363 g/mol. The third-order valence-electron chi connectivity index (χ3n) is 6.32. The van der Waals surface area contributed by atoms with Gasteiger partial charge < -0.3 is 15.2 Å². The molecule has 6 heteroatoms. The second-order valence-corrected chi connectivity index (χ2v) is 7.68. The van der Waals surface area contributed by atoms with Crippen LogP contribution in [0.3, 0.4) is 0 Å². The first-order valence-corrected chi connectivity index (χ1v) is 9.60. The number of aromatic nitrogens is 1. The minimum absolute atomic E-state index is 0.129. The third-order valence-corrected chi connectivity index (χ3v) is 6.32. The highest BCUT2D eigenvalue weighted by atomic mass is 16.6. The Kier molecular flexibility index (Phi) is 3.68. The van der Waals surface area contributed by atoms with Crippen LogP contribution in [0.2, 0.25) is 0 Å². The van der Waals surface area contributed by atoms with E-state index in [4.69, 9.17) is 0 Å². The lowest BCUT2D eigenvalue weighted by Crippen LogP contribution is -2.97. The zero-order chi connectivity index (χ0) is 18.4. The molecule has 0 aliphatic carbocycles. The first-order chi connectivity index (χ1) is 13.2. The predicted molar refractivity (Wildman–Crippen MR) is 105 cm³/mol. The number of para-hydroxylation sites is 1. The molecule has 27 heavy (non-hydrogen) atoms. The number of nitrogens with two attached hydrogens (primary N) is 1. The fourth-order valence-electron chi connectivity index (χ4n) is 4.88. The highest BCUT2D eigenvalue weighted by molar-refractivity contribution is 5.85. The van der Waals surface area contributed by atoms with Crippen molar-refractivity contribution in [3.63, 3.8) is 0 Å². The molecule has 1 aromatic heterocycles. The van der Waals surface area contributed by atoms with Crippen molar-refractivity contribution in [3.8, 4) is 0 Å². The Morgan fingerprint density at radius 1 is 1.07 bits per heavy atom. The number of benzene rings is 2. The van der Waals surface area contributed by atoms with E-state index in [1.807, 2.05) is 12.1 Å². The summed E-state index contributed by atoms with van der Waals surface area (Å²) in [5, 5.41) is 14.8. The van der Waals surface area contributed by atoms with Crippen LogP contribution in [0.1, 0.15) is 24.1 Å². The zero-order valence-electron chi connectivity index (χ0n) is 15.1. The van der Waals surface area contributed by atoms with Crippen LogP contribution in [0.4, 0.5) is 11.4 Å². The van der Waals surface area contributed by atoms with Gasteiger partial charge in [0.15, 0.2) is 0 Å². The lowest BCUT2D eigenvalue weighted by molar-refractivity contribution is -0.742. The van der Waals surface area contributed by atoms with Crippen LogP contribution >= 0.6 is 0 Å². The van der Waals surface area contributed by atoms with Crippen LogP contribution in [0.15, 0.2) is 48.5 Å². The molecular weight excluding hydrogens is 340 g/mol. The van der Waals surface area contributed by atoms with Gasteiger partial charge in [-0.05, 0) is 23.8 Å². The number of rotatable bonds is 2. The van der Waals surface area contributed by atoms with Crippen LogP contribution in [0.5, 0.6) is 0 Å². The van der Waals surface area contributed by atoms with E-state index in [1.165, 1.54) is 22.2 Å². The predicted octanol–water partition coefficient (Wildman–Crippen LogP) is 2.69.